The van der Waals surface area contributed by atoms with E-state index in [1.165, 1.54) is 4.68 Å². The summed E-state index contributed by atoms with van der Waals surface area (Å²) in [6.45, 7) is 2.22. The molecule has 0 radical (unpaired) electrons. The summed E-state index contributed by atoms with van der Waals surface area (Å²) in [5, 5.41) is 4.14. The fourth-order valence-electron chi connectivity index (χ4n) is 1.68. The fraction of sp³-hybridized carbons (Fsp3) is 0.231. The molecule has 4 nitrogen and oxygen atoms in total. The minimum atomic E-state index is -0.410. The Balaban J connectivity index is 2.60. The molecule has 1 aromatic heterocycles. The van der Waals surface area contributed by atoms with Crippen LogP contribution in [-0.4, -0.2) is 16.4 Å². The lowest BCUT2D eigenvalue weighted by molar-refractivity contribution is 0.329. The van der Waals surface area contributed by atoms with Crippen LogP contribution in [0.3, 0.4) is 0 Å². The first-order valence-corrected chi connectivity index (χ1v) is 6.85. The molecule has 0 amide bonds. The molecule has 0 aliphatic rings. The number of aromatic nitrogens is 2. The zero-order valence-corrected chi connectivity index (χ0v) is 12.1. The highest BCUT2D eigenvalue weighted by molar-refractivity contribution is 7.98. The van der Waals surface area contributed by atoms with Crippen LogP contribution in [0, 0.1) is 0 Å². The topological polar surface area (TPSA) is 44.1 Å². The Bertz CT molecular complexity index is 612. The summed E-state index contributed by atoms with van der Waals surface area (Å²) < 4.78 is 6.31. The van der Waals surface area contributed by atoms with Gasteiger partial charge in [-0.15, -0.1) is 0 Å². The summed E-state index contributed by atoms with van der Waals surface area (Å²) in [7, 11) is 0. The van der Waals surface area contributed by atoms with Gasteiger partial charge in [-0.25, -0.2) is 0 Å². The smallest absolute Gasteiger partial charge is 0.314 e. The van der Waals surface area contributed by atoms with Gasteiger partial charge in [-0.1, -0.05) is 18.2 Å². The molecule has 1 aromatic carbocycles. The average molecular weight is 294 g/mol. The Morgan fingerprint density at radius 1 is 1.32 bits per heavy atom. The van der Waals surface area contributed by atoms with Gasteiger partial charge in [-0.05, 0) is 19.1 Å². The normalized spacial score (nSPS) is 10.7. The van der Waals surface area contributed by atoms with E-state index in [9.17, 15) is 4.79 Å². The Kier molecular flexibility index (Phi) is 4.55. The number of rotatable bonds is 4. The molecule has 100 valence electrons. The van der Waals surface area contributed by atoms with Gasteiger partial charge in [0.2, 0.25) is 0 Å². The molecule has 6 heteroatoms. The highest BCUT2D eigenvalue weighted by atomic mass is 32.2. The lowest BCUT2D eigenvalue weighted by Gasteiger charge is -2.13. The average Bonchev–Trinajstić information content (AvgIpc) is 2.42. The molecule has 0 unspecified atom stereocenters. The number of thiol groups is 2. The highest BCUT2D eigenvalue weighted by Crippen LogP contribution is 2.29. The van der Waals surface area contributed by atoms with Gasteiger partial charge >= 0.3 is 5.56 Å². The van der Waals surface area contributed by atoms with E-state index in [-0.39, 0.29) is 11.3 Å². The molecule has 0 atom stereocenters. The molecule has 0 spiro atoms. The molecule has 2 rings (SSSR count). The fourth-order valence-corrected chi connectivity index (χ4v) is 2.04. The summed E-state index contributed by atoms with van der Waals surface area (Å²) in [5.41, 5.74) is 0.958. The minimum Gasteiger partial charge on any atom is -0.488 e. The molecular formula is C13H14N2O2S2. The van der Waals surface area contributed by atoms with Crippen molar-refractivity contribution in [3.8, 4) is 11.4 Å². The van der Waals surface area contributed by atoms with Gasteiger partial charge in [-0.2, -0.15) is 35.0 Å². The second-order valence-corrected chi connectivity index (χ2v) is 5.23. The van der Waals surface area contributed by atoms with E-state index in [0.29, 0.717) is 17.9 Å². The number of benzene rings is 1. The zero-order valence-electron chi connectivity index (χ0n) is 10.4. The summed E-state index contributed by atoms with van der Waals surface area (Å²) in [4.78, 5) is 12.4. The van der Waals surface area contributed by atoms with Crippen molar-refractivity contribution in [3.05, 3.63) is 52.4 Å². The van der Waals surface area contributed by atoms with Crippen molar-refractivity contribution in [2.45, 2.75) is 11.5 Å². The maximum atomic E-state index is 12.4. The van der Waals surface area contributed by atoms with E-state index in [4.69, 9.17) is 4.74 Å². The monoisotopic (exact) mass is 294 g/mol. The van der Waals surface area contributed by atoms with E-state index in [2.05, 4.69) is 30.4 Å². The molecule has 0 saturated carbocycles. The van der Waals surface area contributed by atoms with Crippen LogP contribution in [0.4, 0.5) is 0 Å². The second-order valence-electron chi connectivity index (χ2n) is 3.79. The number of para-hydroxylation sites is 1. The van der Waals surface area contributed by atoms with Crippen molar-refractivity contribution in [1.29, 1.82) is 0 Å². The van der Waals surface area contributed by atoms with Crippen LogP contribution in [0.1, 0.15) is 17.1 Å². The van der Waals surface area contributed by atoms with Gasteiger partial charge in [0.05, 0.1) is 23.1 Å². The largest absolute Gasteiger partial charge is 0.488 e. The molecule has 0 aliphatic carbocycles. The molecule has 0 saturated heterocycles. The Hall–Kier alpha value is -1.40. The Morgan fingerprint density at radius 2 is 2.00 bits per heavy atom. The van der Waals surface area contributed by atoms with Crippen LogP contribution < -0.4 is 10.3 Å². The lowest BCUT2D eigenvalue weighted by atomic mass is 10.3. The van der Waals surface area contributed by atoms with E-state index in [1.54, 1.807) is 6.20 Å². The van der Waals surface area contributed by atoms with Crippen LogP contribution in [0.25, 0.3) is 5.69 Å². The molecular weight excluding hydrogens is 280 g/mol. The van der Waals surface area contributed by atoms with E-state index >= 15 is 0 Å². The first-order valence-electron chi connectivity index (χ1n) is 5.81. The van der Waals surface area contributed by atoms with Crippen molar-refractivity contribution in [1.82, 2.24) is 9.78 Å². The number of nitrogens with zero attached hydrogens (tertiary/aromatic N) is 2. The Morgan fingerprint density at radius 3 is 2.58 bits per heavy atom. The van der Waals surface area contributed by atoms with Crippen LogP contribution in [0.15, 0.2) is 41.3 Å². The molecule has 0 aliphatic heterocycles. The second kappa shape index (κ2) is 6.16. The van der Waals surface area contributed by atoms with Gasteiger partial charge in [0.25, 0.3) is 0 Å². The minimum absolute atomic E-state index is 0.247. The van der Waals surface area contributed by atoms with Gasteiger partial charge in [0, 0.05) is 5.56 Å². The predicted octanol–water partition coefficient (Wildman–Crippen LogP) is 2.49. The van der Waals surface area contributed by atoms with Gasteiger partial charge in [0.15, 0.2) is 5.75 Å². The third-order valence-electron chi connectivity index (χ3n) is 2.53. The highest BCUT2D eigenvalue weighted by Gasteiger charge is 2.16. The van der Waals surface area contributed by atoms with Crippen molar-refractivity contribution in [3.63, 3.8) is 0 Å². The van der Waals surface area contributed by atoms with Crippen LogP contribution in [0.5, 0.6) is 5.75 Å². The van der Waals surface area contributed by atoms with Crippen LogP contribution in [0.2, 0.25) is 0 Å². The Labute approximate surface area is 122 Å². The molecule has 0 bridgehead atoms. The van der Waals surface area contributed by atoms with Gasteiger partial charge < -0.3 is 4.74 Å². The summed E-state index contributed by atoms with van der Waals surface area (Å²) in [5.74, 6) is 0.247. The molecule has 0 N–H and O–H groups in total. The molecule has 1 heterocycles. The van der Waals surface area contributed by atoms with E-state index in [0.717, 1.165) is 0 Å². The molecule has 19 heavy (non-hydrogen) atoms. The number of hydrogen-bond donors (Lipinski definition) is 2. The standard InChI is InChI=1S/C13H14N2O2S2/c1-2-17-11-10(13(18)19)8-14-15(12(11)16)9-6-4-3-5-7-9/h3-8,13,18-19H,2H2,1H3. The van der Waals surface area contributed by atoms with Crippen molar-refractivity contribution >= 4 is 25.3 Å². The zero-order chi connectivity index (χ0) is 13.8. The lowest BCUT2D eigenvalue weighted by Crippen LogP contribution is -2.24. The first kappa shape index (κ1) is 14.0. The van der Waals surface area contributed by atoms with E-state index < -0.39 is 4.58 Å². The third kappa shape index (κ3) is 2.96. The van der Waals surface area contributed by atoms with Crippen molar-refractivity contribution in [2.75, 3.05) is 6.61 Å². The summed E-state index contributed by atoms with van der Waals surface area (Å²) >= 11 is 8.43. The summed E-state index contributed by atoms with van der Waals surface area (Å²) in [6.07, 6.45) is 1.56. The van der Waals surface area contributed by atoms with Crippen molar-refractivity contribution < 1.29 is 4.74 Å². The molecule has 0 fully saturated rings. The quantitative estimate of drug-likeness (QED) is 0.672. The maximum Gasteiger partial charge on any atom is 0.314 e. The predicted molar refractivity (Wildman–Crippen MR) is 81.7 cm³/mol. The van der Waals surface area contributed by atoms with Gasteiger partial charge in [0.1, 0.15) is 0 Å². The van der Waals surface area contributed by atoms with E-state index in [1.807, 2.05) is 37.3 Å². The SMILES string of the molecule is CCOc1c(C(S)S)cnn(-c2ccccc2)c1=O. The molecule has 2 aromatic rings. The number of ether oxygens (including phenoxy) is 1. The maximum absolute atomic E-state index is 12.4. The van der Waals surface area contributed by atoms with Crippen LogP contribution >= 0.6 is 25.3 Å². The van der Waals surface area contributed by atoms with Gasteiger partial charge in [-0.3, -0.25) is 4.79 Å². The van der Waals surface area contributed by atoms with Crippen molar-refractivity contribution in [2.24, 2.45) is 0 Å². The van der Waals surface area contributed by atoms with Crippen LogP contribution in [-0.2, 0) is 0 Å². The number of hydrogen-bond acceptors (Lipinski definition) is 5. The summed E-state index contributed by atoms with van der Waals surface area (Å²) in [6, 6.07) is 9.19. The third-order valence-corrected chi connectivity index (χ3v) is 3.09. The first-order chi connectivity index (χ1) is 9.15.